The second-order valence-corrected chi connectivity index (χ2v) is 8.07. The van der Waals surface area contributed by atoms with Crippen molar-refractivity contribution in [3.63, 3.8) is 0 Å². The van der Waals surface area contributed by atoms with Crippen molar-refractivity contribution >= 4 is 33.4 Å². The summed E-state index contributed by atoms with van der Waals surface area (Å²) in [5.74, 6) is -0.981. The van der Waals surface area contributed by atoms with Gasteiger partial charge in [0.15, 0.2) is 0 Å². The molecule has 1 aromatic heterocycles. The van der Waals surface area contributed by atoms with Gasteiger partial charge in [-0.1, -0.05) is 0 Å². The second-order valence-electron chi connectivity index (χ2n) is 7.22. The quantitative estimate of drug-likeness (QED) is 0.407. The first-order valence-corrected chi connectivity index (χ1v) is 10.4. The number of aliphatic hydroxyl groups excluding tert-OH is 1. The number of aromatic nitrogens is 1. The van der Waals surface area contributed by atoms with Crippen LogP contribution >= 0.6 is 15.9 Å². The van der Waals surface area contributed by atoms with Gasteiger partial charge in [-0.15, -0.1) is 0 Å². The predicted octanol–water partition coefficient (Wildman–Crippen LogP) is 3.45. The van der Waals surface area contributed by atoms with Gasteiger partial charge in [0.1, 0.15) is 11.5 Å². The number of halogens is 1. The van der Waals surface area contributed by atoms with Crippen LogP contribution in [-0.4, -0.2) is 53.0 Å². The second kappa shape index (κ2) is 8.57. The normalized spacial score (nSPS) is 23.2. The van der Waals surface area contributed by atoms with Crippen molar-refractivity contribution in [1.29, 1.82) is 0 Å². The van der Waals surface area contributed by atoms with Crippen molar-refractivity contribution in [1.82, 2.24) is 9.88 Å². The van der Waals surface area contributed by atoms with Crippen LogP contribution in [0.1, 0.15) is 30.0 Å². The summed E-state index contributed by atoms with van der Waals surface area (Å²) in [4.78, 5) is 31.4. The molecule has 2 atom stereocenters. The van der Waals surface area contributed by atoms with E-state index in [1.807, 2.05) is 0 Å². The van der Waals surface area contributed by atoms with Gasteiger partial charge in [0.05, 0.1) is 29.3 Å². The summed E-state index contributed by atoms with van der Waals surface area (Å²) in [5.41, 5.74) is 1.18. The molecule has 2 aliphatic heterocycles. The fourth-order valence-corrected chi connectivity index (χ4v) is 4.48. The van der Waals surface area contributed by atoms with E-state index in [1.54, 1.807) is 49.8 Å². The number of methoxy groups -OCH3 is 1. The van der Waals surface area contributed by atoms with Crippen LogP contribution in [0.25, 0.3) is 5.76 Å². The Labute approximate surface area is 182 Å². The van der Waals surface area contributed by atoms with Gasteiger partial charge in [0.25, 0.3) is 11.7 Å². The van der Waals surface area contributed by atoms with Gasteiger partial charge in [0.2, 0.25) is 0 Å². The minimum Gasteiger partial charge on any atom is -0.507 e. The van der Waals surface area contributed by atoms with Gasteiger partial charge in [-0.05, 0) is 64.7 Å². The molecule has 1 N–H and O–H groups in total. The molecule has 0 spiro atoms. The van der Waals surface area contributed by atoms with E-state index in [4.69, 9.17) is 9.47 Å². The smallest absolute Gasteiger partial charge is 0.295 e. The van der Waals surface area contributed by atoms with Crippen LogP contribution in [0.15, 0.2) is 52.8 Å². The molecule has 0 radical (unpaired) electrons. The highest BCUT2D eigenvalue weighted by atomic mass is 79.9. The zero-order chi connectivity index (χ0) is 21.3. The van der Waals surface area contributed by atoms with E-state index in [-0.39, 0.29) is 17.4 Å². The Morgan fingerprint density at radius 2 is 2.07 bits per heavy atom. The molecule has 156 valence electrons. The number of ether oxygens (including phenoxy) is 2. The Hall–Kier alpha value is -2.71. The number of hydrogen-bond acceptors (Lipinski definition) is 6. The highest BCUT2D eigenvalue weighted by Gasteiger charge is 2.47. The van der Waals surface area contributed by atoms with Gasteiger partial charge in [0, 0.05) is 31.1 Å². The molecule has 30 heavy (non-hydrogen) atoms. The lowest BCUT2D eigenvalue weighted by atomic mass is 9.96. The lowest BCUT2D eigenvalue weighted by Gasteiger charge is -2.27. The summed E-state index contributed by atoms with van der Waals surface area (Å²) >= 11 is 3.40. The molecule has 4 rings (SSSR count). The summed E-state index contributed by atoms with van der Waals surface area (Å²) in [6.45, 7) is 0.940. The minimum absolute atomic E-state index is 0.0567. The molecule has 0 saturated carbocycles. The van der Waals surface area contributed by atoms with Gasteiger partial charge in [-0.2, -0.15) is 0 Å². The highest BCUT2D eigenvalue weighted by molar-refractivity contribution is 9.10. The molecule has 0 aliphatic carbocycles. The van der Waals surface area contributed by atoms with Crippen molar-refractivity contribution in [3.05, 3.63) is 63.9 Å². The van der Waals surface area contributed by atoms with Gasteiger partial charge in [-0.25, -0.2) is 0 Å². The van der Waals surface area contributed by atoms with Crippen molar-refractivity contribution in [2.45, 2.75) is 25.0 Å². The van der Waals surface area contributed by atoms with Crippen LogP contribution in [0, 0.1) is 0 Å². The first kappa shape index (κ1) is 20.6. The number of amides is 1. The number of pyridine rings is 1. The molecule has 2 fully saturated rings. The number of benzene rings is 1. The van der Waals surface area contributed by atoms with Crippen LogP contribution < -0.4 is 4.74 Å². The van der Waals surface area contributed by atoms with Gasteiger partial charge in [-0.3, -0.25) is 14.6 Å². The summed E-state index contributed by atoms with van der Waals surface area (Å²) in [5, 5.41) is 11.1. The number of aliphatic hydroxyl groups is 1. The summed E-state index contributed by atoms with van der Waals surface area (Å²) in [6.07, 6.45) is 4.84. The van der Waals surface area contributed by atoms with E-state index in [0.29, 0.717) is 34.5 Å². The average Bonchev–Trinajstić information content (AvgIpc) is 3.36. The number of ketones is 1. The molecule has 3 heterocycles. The molecule has 0 bridgehead atoms. The largest absolute Gasteiger partial charge is 0.507 e. The zero-order valence-corrected chi connectivity index (χ0v) is 18.0. The van der Waals surface area contributed by atoms with Crippen molar-refractivity contribution in [3.8, 4) is 5.75 Å². The molecule has 1 aromatic carbocycles. The van der Waals surface area contributed by atoms with E-state index in [0.717, 1.165) is 12.8 Å². The average molecular weight is 473 g/mol. The number of likely N-dealkylation sites (tertiary alicyclic amines) is 1. The van der Waals surface area contributed by atoms with E-state index in [1.165, 1.54) is 4.90 Å². The van der Waals surface area contributed by atoms with Crippen molar-refractivity contribution < 1.29 is 24.2 Å². The van der Waals surface area contributed by atoms with Crippen LogP contribution in [0.3, 0.4) is 0 Å². The zero-order valence-electron chi connectivity index (χ0n) is 16.4. The number of nitrogens with zero attached hydrogens (tertiary/aromatic N) is 2. The standard InChI is InChI=1S/C22H21BrN2O5/c1-29-17-5-4-14(11-16(17)23)20(26)18-19(13-6-8-24-9-7-13)25(22(28)21(18)27)12-15-3-2-10-30-15/h4-9,11,15,19,26H,2-3,10,12H2,1H3/b20-18-. The molecule has 7 nitrogen and oxygen atoms in total. The minimum atomic E-state index is -0.710. The van der Waals surface area contributed by atoms with Crippen LogP contribution in [0.2, 0.25) is 0 Å². The van der Waals surface area contributed by atoms with Crippen LogP contribution in [0.5, 0.6) is 5.75 Å². The molecular weight excluding hydrogens is 452 g/mol. The maximum atomic E-state index is 13.0. The van der Waals surface area contributed by atoms with E-state index >= 15 is 0 Å². The summed E-state index contributed by atoms with van der Waals surface area (Å²) in [6, 6.07) is 7.77. The number of rotatable bonds is 5. The number of Topliss-reactive ketones (excluding diaryl/α,β-unsaturated/α-hetero) is 1. The monoisotopic (exact) mass is 472 g/mol. The van der Waals surface area contributed by atoms with E-state index < -0.39 is 17.7 Å². The van der Waals surface area contributed by atoms with E-state index in [2.05, 4.69) is 20.9 Å². The Kier molecular flexibility index (Phi) is 5.87. The van der Waals surface area contributed by atoms with Crippen molar-refractivity contribution in [2.24, 2.45) is 0 Å². The topological polar surface area (TPSA) is 89.0 Å². The first-order chi connectivity index (χ1) is 14.5. The maximum Gasteiger partial charge on any atom is 0.295 e. The molecule has 1 amide bonds. The van der Waals surface area contributed by atoms with Gasteiger partial charge >= 0.3 is 0 Å². The fraction of sp³-hybridized carbons (Fsp3) is 0.318. The number of hydrogen-bond donors (Lipinski definition) is 1. The molecule has 2 aromatic rings. The van der Waals surface area contributed by atoms with Crippen molar-refractivity contribution in [2.75, 3.05) is 20.3 Å². The van der Waals surface area contributed by atoms with E-state index in [9.17, 15) is 14.7 Å². The highest BCUT2D eigenvalue weighted by Crippen LogP contribution is 2.40. The molecular formula is C22H21BrN2O5. The Bertz CT molecular complexity index is 1000. The lowest BCUT2D eigenvalue weighted by Crippen LogP contribution is -2.36. The number of carbonyl (C=O) groups excluding carboxylic acids is 2. The van der Waals surface area contributed by atoms with Crippen LogP contribution in [-0.2, 0) is 14.3 Å². The molecule has 2 unspecified atom stereocenters. The first-order valence-electron chi connectivity index (χ1n) is 9.65. The summed E-state index contributed by atoms with van der Waals surface area (Å²) < 4.78 is 11.5. The fourth-order valence-electron chi connectivity index (χ4n) is 3.94. The Morgan fingerprint density at radius 3 is 2.70 bits per heavy atom. The maximum absolute atomic E-state index is 13.0. The van der Waals surface area contributed by atoms with Gasteiger partial charge < -0.3 is 19.5 Å². The third-order valence-electron chi connectivity index (χ3n) is 5.41. The number of carbonyl (C=O) groups is 2. The predicted molar refractivity (Wildman–Crippen MR) is 113 cm³/mol. The third kappa shape index (κ3) is 3.73. The molecule has 2 saturated heterocycles. The molecule has 2 aliphatic rings. The third-order valence-corrected chi connectivity index (χ3v) is 6.03. The van der Waals surface area contributed by atoms with Crippen LogP contribution in [0.4, 0.5) is 0 Å². The molecule has 8 heteroatoms. The lowest BCUT2D eigenvalue weighted by molar-refractivity contribution is -0.140. The SMILES string of the molecule is COc1ccc(/C(O)=C2/C(=O)C(=O)N(CC3CCCO3)C2c2ccncc2)cc1Br. The Balaban J connectivity index is 1.81. The summed E-state index contributed by atoms with van der Waals surface area (Å²) in [7, 11) is 1.54. The Morgan fingerprint density at radius 1 is 1.30 bits per heavy atom.